The quantitative estimate of drug-likeness (QED) is 0.242. The van der Waals surface area contributed by atoms with Crippen LogP contribution in [0.1, 0.15) is 10.4 Å². The van der Waals surface area contributed by atoms with E-state index in [0.29, 0.717) is 5.56 Å². The zero-order valence-electron chi connectivity index (χ0n) is 18.4. The summed E-state index contributed by atoms with van der Waals surface area (Å²) in [5, 5.41) is 5.81. The molecule has 0 unspecified atom stereocenters. The Morgan fingerprint density at radius 2 is 1.38 bits per heavy atom. The highest BCUT2D eigenvalue weighted by atomic mass is 32.1. The Balaban J connectivity index is 1.47. The van der Waals surface area contributed by atoms with E-state index in [9.17, 15) is 4.79 Å². The first-order valence-corrected chi connectivity index (χ1v) is 12.0. The summed E-state index contributed by atoms with van der Waals surface area (Å²) in [5.41, 5.74) is 4.17. The van der Waals surface area contributed by atoms with E-state index in [2.05, 4.69) is 108 Å². The highest BCUT2D eigenvalue weighted by Crippen LogP contribution is 2.44. The summed E-state index contributed by atoms with van der Waals surface area (Å²) in [4.78, 5) is 14.7. The molecule has 34 heavy (non-hydrogen) atoms. The van der Waals surface area contributed by atoms with E-state index in [1.54, 1.807) is 11.3 Å². The van der Waals surface area contributed by atoms with Crippen LogP contribution in [0.3, 0.4) is 0 Å². The summed E-state index contributed by atoms with van der Waals surface area (Å²) < 4.78 is 0. The van der Waals surface area contributed by atoms with Gasteiger partial charge in [0.25, 0.3) is 0 Å². The van der Waals surface area contributed by atoms with E-state index in [1.807, 2.05) is 18.2 Å². The van der Waals surface area contributed by atoms with E-state index >= 15 is 0 Å². The molecule has 0 aliphatic carbocycles. The minimum atomic E-state index is 0.701. The number of rotatable bonds is 5. The molecule has 0 aliphatic heterocycles. The minimum Gasteiger partial charge on any atom is -0.301 e. The standard InChI is InChI=1S/C31H21NOS/c33-21-22-13-14-25-20-26(16-15-24(25)19-22)30-17-18-31(34-30)32(27-9-2-1-3-10-27)29-12-6-8-23-7-4-5-11-28(23)29/h1-21H. The normalized spacial score (nSPS) is 11.1. The molecule has 0 saturated heterocycles. The fourth-order valence-corrected chi connectivity index (χ4v) is 5.50. The van der Waals surface area contributed by atoms with Crippen LogP contribution in [0.15, 0.2) is 121 Å². The molecular weight excluding hydrogens is 434 g/mol. The van der Waals surface area contributed by atoms with E-state index in [4.69, 9.17) is 0 Å². The second kappa shape index (κ2) is 8.62. The molecule has 2 nitrogen and oxygen atoms in total. The molecule has 0 fully saturated rings. The fourth-order valence-electron chi connectivity index (χ4n) is 4.46. The van der Waals surface area contributed by atoms with Crippen molar-refractivity contribution in [2.45, 2.75) is 0 Å². The lowest BCUT2D eigenvalue weighted by Gasteiger charge is -2.25. The maximum absolute atomic E-state index is 11.1. The molecule has 0 bridgehead atoms. The van der Waals surface area contributed by atoms with E-state index in [1.165, 1.54) is 21.2 Å². The van der Waals surface area contributed by atoms with Gasteiger partial charge < -0.3 is 4.90 Å². The Kier molecular flexibility index (Phi) is 5.17. The average Bonchev–Trinajstić information content (AvgIpc) is 3.39. The highest BCUT2D eigenvalue weighted by Gasteiger charge is 2.17. The minimum absolute atomic E-state index is 0.701. The van der Waals surface area contributed by atoms with Gasteiger partial charge in [0.05, 0.1) is 5.69 Å². The first-order valence-electron chi connectivity index (χ1n) is 11.2. The van der Waals surface area contributed by atoms with Gasteiger partial charge in [-0.15, -0.1) is 11.3 Å². The molecule has 6 aromatic rings. The molecule has 6 rings (SSSR count). The Morgan fingerprint density at radius 3 is 2.26 bits per heavy atom. The zero-order chi connectivity index (χ0) is 22.9. The maximum Gasteiger partial charge on any atom is 0.150 e. The predicted molar refractivity (Wildman–Crippen MR) is 145 cm³/mol. The van der Waals surface area contributed by atoms with Gasteiger partial charge >= 0.3 is 0 Å². The monoisotopic (exact) mass is 455 g/mol. The lowest BCUT2D eigenvalue weighted by molar-refractivity contribution is 0.112. The number of para-hydroxylation sites is 1. The molecule has 1 aromatic heterocycles. The molecule has 0 saturated carbocycles. The first kappa shape index (κ1) is 20.4. The van der Waals surface area contributed by atoms with Gasteiger partial charge in [-0.05, 0) is 64.2 Å². The van der Waals surface area contributed by atoms with Crippen LogP contribution in [-0.2, 0) is 0 Å². The third-order valence-corrected chi connectivity index (χ3v) is 7.24. The lowest BCUT2D eigenvalue weighted by Crippen LogP contribution is -2.08. The van der Waals surface area contributed by atoms with Crippen molar-refractivity contribution in [3.05, 3.63) is 127 Å². The summed E-state index contributed by atoms with van der Waals surface area (Å²) in [6.07, 6.45) is 0.893. The first-order chi connectivity index (χ1) is 16.8. The molecule has 0 radical (unpaired) electrons. The number of fused-ring (bicyclic) bond motifs is 2. The number of hydrogen-bond donors (Lipinski definition) is 0. The predicted octanol–water partition coefficient (Wildman–Crippen LogP) is 9.00. The van der Waals surface area contributed by atoms with Crippen molar-refractivity contribution in [3.63, 3.8) is 0 Å². The summed E-state index contributed by atoms with van der Waals surface area (Å²) in [6.45, 7) is 0. The van der Waals surface area contributed by atoms with Crippen LogP contribution in [0.25, 0.3) is 32.0 Å². The zero-order valence-corrected chi connectivity index (χ0v) is 19.2. The Hall–Kier alpha value is -4.21. The van der Waals surface area contributed by atoms with Gasteiger partial charge in [-0.2, -0.15) is 0 Å². The van der Waals surface area contributed by atoms with E-state index in [-0.39, 0.29) is 0 Å². The Bertz CT molecular complexity index is 1630. The van der Waals surface area contributed by atoms with Gasteiger partial charge in [0.2, 0.25) is 0 Å². The summed E-state index contributed by atoms with van der Waals surface area (Å²) in [5.74, 6) is 0. The summed E-state index contributed by atoms with van der Waals surface area (Å²) in [7, 11) is 0. The van der Waals surface area contributed by atoms with Crippen molar-refractivity contribution < 1.29 is 4.79 Å². The number of anilines is 3. The molecule has 0 N–H and O–H groups in total. The third-order valence-electron chi connectivity index (χ3n) is 6.12. The van der Waals surface area contributed by atoms with E-state index in [0.717, 1.165) is 33.4 Å². The lowest BCUT2D eigenvalue weighted by atomic mass is 10.0. The molecule has 0 atom stereocenters. The molecule has 162 valence electrons. The Morgan fingerprint density at radius 1 is 0.618 bits per heavy atom. The van der Waals surface area contributed by atoms with Crippen LogP contribution in [0.5, 0.6) is 0 Å². The van der Waals surface area contributed by atoms with Gasteiger partial charge in [0, 0.05) is 21.5 Å². The summed E-state index contributed by atoms with van der Waals surface area (Å²) in [6, 6.07) is 42.2. The van der Waals surface area contributed by atoms with Gasteiger partial charge in [-0.1, -0.05) is 78.9 Å². The number of nitrogens with zero attached hydrogens (tertiary/aromatic N) is 1. The van der Waals surface area contributed by atoms with Crippen LogP contribution in [0.2, 0.25) is 0 Å². The molecule has 0 spiro atoms. The molecular formula is C31H21NOS. The van der Waals surface area contributed by atoms with Crippen molar-refractivity contribution >= 4 is 55.5 Å². The number of hydrogen-bond acceptors (Lipinski definition) is 3. The Labute approximate surface area is 202 Å². The number of carbonyl (C=O) groups is 1. The van der Waals surface area contributed by atoms with Gasteiger partial charge in [0.15, 0.2) is 0 Å². The van der Waals surface area contributed by atoms with Crippen LogP contribution in [0.4, 0.5) is 16.4 Å². The fraction of sp³-hybridized carbons (Fsp3) is 0. The van der Waals surface area contributed by atoms with Gasteiger partial charge in [0.1, 0.15) is 11.3 Å². The van der Waals surface area contributed by atoms with Crippen molar-refractivity contribution in [1.82, 2.24) is 0 Å². The van der Waals surface area contributed by atoms with Crippen molar-refractivity contribution in [2.24, 2.45) is 0 Å². The molecule has 5 aromatic carbocycles. The number of thiophene rings is 1. The SMILES string of the molecule is O=Cc1ccc2cc(-c3ccc(N(c4ccccc4)c4cccc5ccccc45)s3)ccc2c1. The van der Waals surface area contributed by atoms with Crippen molar-refractivity contribution in [3.8, 4) is 10.4 Å². The molecule has 0 aliphatic rings. The third kappa shape index (κ3) is 3.66. The topological polar surface area (TPSA) is 20.3 Å². The second-order valence-electron chi connectivity index (χ2n) is 8.25. The van der Waals surface area contributed by atoms with Crippen LogP contribution >= 0.6 is 11.3 Å². The largest absolute Gasteiger partial charge is 0.301 e. The average molecular weight is 456 g/mol. The second-order valence-corrected chi connectivity index (χ2v) is 9.31. The maximum atomic E-state index is 11.1. The van der Waals surface area contributed by atoms with Crippen LogP contribution in [-0.4, -0.2) is 6.29 Å². The number of carbonyl (C=O) groups excluding carboxylic acids is 1. The van der Waals surface area contributed by atoms with Crippen molar-refractivity contribution in [1.29, 1.82) is 0 Å². The smallest absolute Gasteiger partial charge is 0.150 e. The number of aldehydes is 1. The van der Waals surface area contributed by atoms with Crippen LogP contribution < -0.4 is 4.90 Å². The van der Waals surface area contributed by atoms with Gasteiger partial charge in [-0.3, -0.25) is 4.79 Å². The molecule has 3 heteroatoms. The van der Waals surface area contributed by atoms with Crippen molar-refractivity contribution in [2.75, 3.05) is 4.90 Å². The summed E-state index contributed by atoms with van der Waals surface area (Å²) >= 11 is 1.78. The van der Waals surface area contributed by atoms with Gasteiger partial charge in [-0.25, -0.2) is 0 Å². The number of benzene rings is 5. The van der Waals surface area contributed by atoms with E-state index < -0.39 is 0 Å². The molecule has 0 amide bonds. The molecule has 1 heterocycles. The highest BCUT2D eigenvalue weighted by molar-refractivity contribution is 7.19. The van der Waals surface area contributed by atoms with Crippen LogP contribution in [0, 0.1) is 0 Å².